The molecule has 110 valence electrons. The molecule has 0 radical (unpaired) electrons. The van der Waals surface area contributed by atoms with Crippen molar-refractivity contribution in [2.75, 3.05) is 32.6 Å². The van der Waals surface area contributed by atoms with Gasteiger partial charge in [-0.3, -0.25) is 4.79 Å². The van der Waals surface area contributed by atoms with Gasteiger partial charge in [0.1, 0.15) is 5.75 Å². The molecule has 1 aliphatic rings. The molecule has 1 N–H and O–H groups in total. The zero-order valence-electron chi connectivity index (χ0n) is 11.8. The highest BCUT2D eigenvalue weighted by atomic mass is 32.2. The Hall–Kier alpha value is -1.20. The first-order chi connectivity index (χ1) is 9.78. The lowest BCUT2D eigenvalue weighted by Gasteiger charge is -2.22. The summed E-state index contributed by atoms with van der Waals surface area (Å²) in [5.41, 5.74) is 0. The molecule has 1 saturated heterocycles. The van der Waals surface area contributed by atoms with Gasteiger partial charge in [0.25, 0.3) is 0 Å². The zero-order chi connectivity index (χ0) is 14.2. The third-order valence-electron chi connectivity index (χ3n) is 3.34. The predicted molar refractivity (Wildman–Crippen MR) is 80.3 cm³/mol. The molecule has 5 heteroatoms. The first-order valence-corrected chi connectivity index (χ1v) is 7.88. The monoisotopic (exact) mass is 295 g/mol. The fraction of sp³-hybridized carbons (Fsp3) is 0.533. The average molecular weight is 295 g/mol. The molecular formula is C15H21NO3S. The second kappa shape index (κ2) is 8.17. The van der Waals surface area contributed by atoms with Crippen molar-refractivity contribution in [3.63, 3.8) is 0 Å². The van der Waals surface area contributed by atoms with Crippen molar-refractivity contribution in [1.82, 2.24) is 5.32 Å². The number of ether oxygens (including phenoxy) is 2. The second-order valence-electron chi connectivity index (χ2n) is 4.83. The molecule has 1 amide bonds. The number of benzene rings is 1. The Bertz CT molecular complexity index is 433. The minimum absolute atomic E-state index is 0.0873. The molecular weight excluding hydrogens is 274 g/mol. The van der Waals surface area contributed by atoms with Crippen LogP contribution >= 0.6 is 11.8 Å². The van der Waals surface area contributed by atoms with Crippen molar-refractivity contribution in [1.29, 1.82) is 0 Å². The minimum atomic E-state index is 0.0873. The third-order valence-corrected chi connectivity index (χ3v) is 4.33. The van der Waals surface area contributed by atoms with Gasteiger partial charge in [0.05, 0.1) is 12.9 Å². The topological polar surface area (TPSA) is 47.6 Å². The quantitative estimate of drug-likeness (QED) is 0.818. The van der Waals surface area contributed by atoms with Crippen LogP contribution < -0.4 is 10.1 Å². The normalized spacial score (nSPS) is 15.8. The van der Waals surface area contributed by atoms with Crippen LogP contribution in [0.1, 0.15) is 12.8 Å². The Kier molecular flexibility index (Phi) is 6.21. The standard InChI is InChI=1S/C15H21NO3S/c1-18-13-3-2-4-14(9-13)20-11-15(17)16-10-12-5-7-19-8-6-12/h2-4,9,12H,5-8,10-11H2,1H3,(H,16,17). The van der Waals surface area contributed by atoms with E-state index in [2.05, 4.69) is 5.32 Å². The van der Waals surface area contributed by atoms with Crippen LogP contribution in [0.25, 0.3) is 0 Å². The fourth-order valence-corrected chi connectivity index (χ4v) is 2.87. The highest BCUT2D eigenvalue weighted by molar-refractivity contribution is 8.00. The van der Waals surface area contributed by atoms with E-state index in [9.17, 15) is 4.79 Å². The van der Waals surface area contributed by atoms with Crippen LogP contribution in [-0.2, 0) is 9.53 Å². The molecule has 4 nitrogen and oxygen atoms in total. The molecule has 2 rings (SSSR count). The first-order valence-electron chi connectivity index (χ1n) is 6.89. The van der Waals surface area contributed by atoms with Crippen LogP contribution in [-0.4, -0.2) is 38.5 Å². The van der Waals surface area contributed by atoms with Crippen LogP contribution in [0.3, 0.4) is 0 Å². The lowest BCUT2D eigenvalue weighted by Crippen LogP contribution is -2.33. The maximum atomic E-state index is 11.8. The van der Waals surface area contributed by atoms with E-state index in [1.807, 2.05) is 24.3 Å². The van der Waals surface area contributed by atoms with E-state index in [1.54, 1.807) is 7.11 Å². The van der Waals surface area contributed by atoms with Gasteiger partial charge in [0.15, 0.2) is 0 Å². The van der Waals surface area contributed by atoms with Crippen molar-refractivity contribution >= 4 is 17.7 Å². The van der Waals surface area contributed by atoms with Gasteiger partial charge in [-0.2, -0.15) is 0 Å². The van der Waals surface area contributed by atoms with Crippen LogP contribution in [0, 0.1) is 5.92 Å². The molecule has 20 heavy (non-hydrogen) atoms. The maximum absolute atomic E-state index is 11.8. The number of rotatable bonds is 6. The molecule has 0 spiro atoms. The van der Waals surface area contributed by atoms with Gasteiger partial charge in [0.2, 0.25) is 5.91 Å². The van der Waals surface area contributed by atoms with E-state index in [1.165, 1.54) is 11.8 Å². The molecule has 1 aliphatic heterocycles. The van der Waals surface area contributed by atoms with Crippen LogP contribution in [0.5, 0.6) is 5.75 Å². The van der Waals surface area contributed by atoms with Crippen LogP contribution in [0.15, 0.2) is 29.2 Å². The number of nitrogens with one attached hydrogen (secondary N) is 1. The molecule has 0 aliphatic carbocycles. The molecule has 1 aromatic rings. The fourth-order valence-electron chi connectivity index (χ4n) is 2.10. The summed E-state index contributed by atoms with van der Waals surface area (Å²) in [5.74, 6) is 1.91. The molecule has 1 heterocycles. The number of carbonyl (C=O) groups excluding carboxylic acids is 1. The Labute approximate surface area is 124 Å². The van der Waals surface area contributed by atoms with Gasteiger partial charge >= 0.3 is 0 Å². The third kappa shape index (κ3) is 5.06. The Morgan fingerprint density at radius 1 is 1.45 bits per heavy atom. The Balaban J connectivity index is 1.68. The average Bonchev–Trinajstić information content (AvgIpc) is 2.52. The van der Waals surface area contributed by atoms with Crippen molar-refractivity contribution in [3.05, 3.63) is 24.3 Å². The van der Waals surface area contributed by atoms with Gasteiger partial charge in [-0.15, -0.1) is 11.8 Å². The van der Waals surface area contributed by atoms with E-state index >= 15 is 0 Å². The van der Waals surface area contributed by atoms with E-state index in [0.717, 1.165) is 43.2 Å². The van der Waals surface area contributed by atoms with Crippen molar-refractivity contribution in [2.45, 2.75) is 17.7 Å². The van der Waals surface area contributed by atoms with Gasteiger partial charge in [-0.1, -0.05) is 6.07 Å². The lowest BCUT2D eigenvalue weighted by atomic mass is 10.0. The number of hydrogen-bond donors (Lipinski definition) is 1. The van der Waals surface area contributed by atoms with E-state index in [4.69, 9.17) is 9.47 Å². The number of amides is 1. The first kappa shape index (κ1) is 15.2. The summed E-state index contributed by atoms with van der Waals surface area (Å²) in [5, 5.41) is 3.00. The van der Waals surface area contributed by atoms with E-state index in [-0.39, 0.29) is 5.91 Å². The van der Waals surface area contributed by atoms with Gasteiger partial charge in [-0.25, -0.2) is 0 Å². The van der Waals surface area contributed by atoms with Crippen molar-refractivity contribution < 1.29 is 14.3 Å². The van der Waals surface area contributed by atoms with Crippen molar-refractivity contribution in [2.24, 2.45) is 5.92 Å². The molecule has 0 unspecified atom stereocenters. The number of thioether (sulfide) groups is 1. The molecule has 0 saturated carbocycles. The van der Waals surface area contributed by atoms with Crippen molar-refractivity contribution in [3.8, 4) is 5.75 Å². The van der Waals surface area contributed by atoms with E-state index in [0.29, 0.717) is 11.7 Å². The van der Waals surface area contributed by atoms with Crippen LogP contribution in [0.4, 0.5) is 0 Å². The Morgan fingerprint density at radius 2 is 2.25 bits per heavy atom. The van der Waals surface area contributed by atoms with Gasteiger partial charge in [-0.05, 0) is 37.0 Å². The highest BCUT2D eigenvalue weighted by Gasteiger charge is 2.14. The van der Waals surface area contributed by atoms with E-state index < -0.39 is 0 Å². The summed E-state index contributed by atoms with van der Waals surface area (Å²) >= 11 is 1.53. The highest BCUT2D eigenvalue weighted by Crippen LogP contribution is 2.22. The molecule has 0 aromatic heterocycles. The Morgan fingerprint density at radius 3 is 3.00 bits per heavy atom. The summed E-state index contributed by atoms with van der Waals surface area (Å²) in [7, 11) is 1.64. The smallest absolute Gasteiger partial charge is 0.230 e. The largest absolute Gasteiger partial charge is 0.497 e. The molecule has 0 atom stereocenters. The van der Waals surface area contributed by atoms with Gasteiger partial charge in [0, 0.05) is 24.7 Å². The second-order valence-corrected chi connectivity index (χ2v) is 5.88. The molecule has 1 aromatic carbocycles. The number of methoxy groups -OCH3 is 1. The zero-order valence-corrected chi connectivity index (χ0v) is 12.6. The summed E-state index contributed by atoms with van der Waals surface area (Å²) in [4.78, 5) is 12.9. The molecule has 0 bridgehead atoms. The summed E-state index contributed by atoms with van der Waals surface area (Å²) in [6.45, 7) is 2.40. The summed E-state index contributed by atoms with van der Waals surface area (Å²) < 4.78 is 10.5. The number of hydrogen-bond acceptors (Lipinski definition) is 4. The maximum Gasteiger partial charge on any atom is 0.230 e. The number of carbonyl (C=O) groups is 1. The summed E-state index contributed by atoms with van der Waals surface area (Å²) in [6.07, 6.45) is 2.09. The minimum Gasteiger partial charge on any atom is -0.497 e. The summed E-state index contributed by atoms with van der Waals surface area (Å²) in [6, 6.07) is 7.76. The van der Waals surface area contributed by atoms with Gasteiger partial charge < -0.3 is 14.8 Å². The predicted octanol–water partition coefficient (Wildman–Crippen LogP) is 2.33. The molecule has 1 fully saturated rings. The lowest BCUT2D eigenvalue weighted by molar-refractivity contribution is -0.118. The van der Waals surface area contributed by atoms with Crippen LogP contribution in [0.2, 0.25) is 0 Å². The SMILES string of the molecule is COc1cccc(SCC(=O)NCC2CCOCC2)c1.